The second kappa shape index (κ2) is 6.16. The van der Waals surface area contributed by atoms with Crippen molar-refractivity contribution < 1.29 is 9.13 Å². The molecule has 0 aromatic heterocycles. The summed E-state index contributed by atoms with van der Waals surface area (Å²) in [5.41, 5.74) is 0.895. The van der Waals surface area contributed by atoms with Gasteiger partial charge in [-0.15, -0.1) is 0 Å². The maximum absolute atomic E-state index is 13.2. The standard InChI is InChI=1S/C14H21FN2O/c1-17(8-7-16-13-4-5-13)10-11-9-12(15)3-6-14(11)18-2/h3,6,9,13,16H,4-5,7-8,10H2,1-2H3. The summed E-state index contributed by atoms with van der Waals surface area (Å²) in [7, 11) is 3.66. The van der Waals surface area contributed by atoms with Gasteiger partial charge in [0.1, 0.15) is 11.6 Å². The van der Waals surface area contributed by atoms with E-state index < -0.39 is 0 Å². The number of hydrogen-bond acceptors (Lipinski definition) is 3. The van der Waals surface area contributed by atoms with Crippen LogP contribution in [0.2, 0.25) is 0 Å². The molecule has 1 saturated carbocycles. The Bertz CT molecular complexity index is 393. The van der Waals surface area contributed by atoms with E-state index in [-0.39, 0.29) is 5.82 Å². The number of ether oxygens (including phenoxy) is 1. The highest BCUT2D eigenvalue weighted by Crippen LogP contribution is 2.21. The Balaban J connectivity index is 1.84. The number of methoxy groups -OCH3 is 1. The van der Waals surface area contributed by atoms with Crippen molar-refractivity contribution in [2.24, 2.45) is 0 Å². The highest BCUT2D eigenvalue weighted by molar-refractivity contribution is 5.33. The largest absolute Gasteiger partial charge is 0.496 e. The number of nitrogens with zero attached hydrogens (tertiary/aromatic N) is 1. The number of nitrogens with one attached hydrogen (secondary N) is 1. The lowest BCUT2D eigenvalue weighted by Gasteiger charge is -2.18. The zero-order chi connectivity index (χ0) is 13.0. The van der Waals surface area contributed by atoms with Crippen LogP contribution in [0.5, 0.6) is 5.75 Å². The molecule has 4 heteroatoms. The molecule has 18 heavy (non-hydrogen) atoms. The predicted molar refractivity (Wildman–Crippen MR) is 70.3 cm³/mol. The summed E-state index contributed by atoms with van der Waals surface area (Å²) in [5.74, 6) is 0.536. The molecule has 0 saturated heterocycles. The van der Waals surface area contributed by atoms with Crippen molar-refractivity contribution >= 4 is 0 Å². The van der Waals surface area contributed by atoms with Gasteiger partial charge in [0, 0.05) is 31.2 Å². The second-order valence-electron chi connectivity index (χ2n) is 4.92. The van der Waals surface area contributed by atoms with E-state index in [1.807, 2.05) is 7.05 Å². The van der Waals surface area contributed by atoms with Gasteiger partial charge >= 0.3 is 0 Å². The fourth-order valence-electron chi connectivity index (χ4n) is 1.99. The molecular weight excluding hydrogens is 231 g/mol. The van der Waals surface area contributed by atoms with Crippen LogP contribution in [-0.2, 0) is 6.54 Å². The Kier molecular flexibility index (Phi) is 4.55. The zero-order valence-corrected chi connectivity index (χ0v) is 11.1. The average molecular weight is 252 g/mol. The summed E-state index contributed by atoms with van der Waals surface area (Å²) in [4.78, 5) is 2.17. The quantitative estimate of drug-likeness (QED) is 0.803. The molecule has 1 N–H and O–H groups in total. The molecule has 0 unspecified atom stereocenters. The highest BCUT2D eigenvalue weighted by atomic mass is 19.1. The first-order chi connectivity index (χ1) is 8.69. The summed E-state index contributed by atoms with van der Waals surface area (Å²) in [6.07, 6.45) is 2.61. The lowest BCUT2D eigenvalue weighted by molar-refractivity contribution is 0.314. The molecule has 100 valence electrons. The number of halogens is 1. The maximum Gasteiger partial charge on any atom is 0.123 e. The first kappa shape index (κ1) is 13.3. The molecule has 1 aromatic carbocycles. The van der Waals surface area contributed by atoms with Crippen molar-refractivity contribution in [3.05, 3.63) is 29.6 Å². The van der Waals surface area contributed by atoms with Gasteiger partial charge in [-0.3, -0.25) is 0 Å². The molecule has 0 amide bonds. The van der Waals surface area contributed by atoms with E-state index in [0.29, 0.717) is 6.54 Å². The first-order valence-corrected chi connectivity index (χ1v) is 6.43. The molecule has 1 fully saturated rings. The number of likely N-dealkylation sites (N-methyl/N-ethyl adjacent to an activating group) is 1. The van der Waals surface area contributed by atoms with Crippen LogP contribution in [-0.4, -0.2) is 38.2 Å². The molecule has 0 radical (unpaired) electrons. The average Bonchev–Trinajstić information content (AvgIpc) is 3.13. The lowest BCUT2D eigenvalue weighted by atomic mass is 10.2. The number of hydrogen-bond donors (Lipinski definition) is 1. The molecule has 1 aliphatic carbocycles. The van der Waals surface area contributed by atoms with Gasteiger partial charge in [-0.2, -0.15) is 0 Å². The fourth-order valence-corrected chi connectivity index (χ4v) is 1.99. The number of rotatable bonds is 7. The summed E-state index contributed by atoms with van der Waals surface area (Å²) in [6.45, 7) is 2.64. The van der Waals surface area contributed by atoms with E-state index in [2.05, 4.69) is 10.2 Å². The molecule has 3 nitrogen and oxygen atoms in total. The SMILES string of the molecule is COc1ccc(F)cc1CN(C)CCNC1CC1. The van der Waals surface area contributed by atoms with Gasteiger partial charge in [0.25, 0.3) is 0 Å². The van der Waals surface area contributed by atoms with Crippen LogP contribution in [0.1, 0.15) is 18.4 Å². The van der Waals surface area contributed by atoms with Crippen molar-refractivity contribution in [2.45, 2.75) is 25.4 Å². The molecule has 0 spiro atoms. The summed E-state index contributed by atoms with van der Waals surface area (Å²) >= 11 is 0. The van der Waals surface area contributed by atoms with Gasteiger partial charge in [-0.05, 0) is 38.1 Å². The van der Waals surface area contributed by atoms with Crippen LogP contribution >= 0.6 is 0 Å². The zero-order valence-electron chi connectivity index (χ0n) is 11.1. The third-order valence-electron chi connectivity index (χ3n) is 3.19. The Labute approximate surface area is 108 Å². The Hall–Kier alpha value is -1.13. The predicted octanol–water partition coefficient (Wildman–Crippen LogP) is 2.02. The monoisotopic (exact) mass is 252 g/mol. The van der Waals surface area contributed by atoms with Gasteiger partial charge < -0.3 is 15.0 Å². The van der Waals surface area contributed by atoms with E-state index in [0.717, 1.165) is 30.4 Å². The highest BCUT2D eigenvalue weighted by Gasteiger charge is 2.19. The van der Waals surface area contributed by atoms with Crippen LogP contribution in [0.4, 0.5) is 4.39 Å². The molecular formula is C14H21FN2O. The van der Waals surface area contributed by atoms with Crippen molar-refractivity contribution in [2.75, 3.05) is 27.2 Å². The van der Waals surface area contributed by atoms with Crippen molar-refractivity contribution in [3.63, 3.8) is 0 Å². The molecule has 1 aliphatic rings. The fraction of sp³-hybridized carbons (Fsp3) is 0.571. The van der Waals surface area contributed by atoms with E-state index in [4.69, 9.17) is 4.74 Å². The van der Waals surface area contributed by atoms with Gasteiger partial charge in [0.2, 0.25) is 0 Å². The van der Waals surface area contributed by atoms with Crippen LogP contribution in [0, 0.1) is 5.82 Å². The first-order valence-electron chi connectivity index (χ1n) is 6.43. The van der Waals surface area contributed by atoms with Gasteiger partial charge in [0.15, 0.2) is 0 Å². The maximum atomic E-state index is 13.2. The summed E-state index contributed by atoms with van der Waals surface area (Å²) < 4.78 is 18.5. The van der Waals surface area contributed by atoms with Gasteiger partial charge in [-0.1, -0.05) is 0 Å². The van der Waals surface area contributed by atoms with Crippen molar-refractivity contribution in [1.29, 1.82) is 0 Å². The van der Waals surface area contributed by atoms with Crippen molar-refractivity contribution in [3.8, 4) is 5.75 Å². The molecule has 2 rings (SSSR count). The minimum atomic E-state index is -0.213. The Morgan fingerprint density at radius 2 is 2.22 bits per heavy atom. The van der Waals surface area contributed by atoms with E-state index in [1.54, 1.807) is 19.2 Å². The van der Waals surface area contributed by atoms with E-state index >= 15 is 0 Å². The minimum absolute atomic E-state index is 0.213. The van der Waals surface area contributed by atoms with Gasteiger partial charge in [-0.25, -0.2) is 4.39 Å². The smallest absolute Gasteiger partial charge is 0.123 e. The van der Waals surface area contributed by atoms with Crippen LogP contribution in [0.3, 0.4) is 0 Å². The van der Waals surface area contributed by atoms with Crippen molar-refractivity contribution in [1.82, 2.24) is 10.2 Å². The minimum Gasteiger partial charge on any atom is -0.496 e. The molecule has 1 aromatic rings. The molecule has 0 aliphatic heterocycles. The van der Waals surface area contributed by atoms with E-state index in [9.17, 15) is 4.39 Å². The normalized spacial score (nSPS) is 15.1. The van der Waals surface area contributed by atoms with E-state index in [1.165, 1.54) is 18.9 Å². The number of benzene rings is 1. The third-order valence-corrected chi connectivity index (χ3v) is 3.19. The Morgan fingerprint density at radius 1 is 1.44 bits per heavy atom. The third kappa shape index (κ3) is 3.96. The van der Waals surface area contributed by atoms with Crippen LogP contribution < -0.4 is 10.1 Å². The Morgan fingerprint density at radius 3 is 2.89 bits per heavy atom. The summed E-state index contributed by atoms with van der Waals surface area (Å²) in [6, 6.07) is 5.39. The molecule has 0 atom stereocenters. The lowest BCUT2D eigenvalue weighted by Crippen LogP contribution is -2.30. The van der Waals surface area contributed by atoms with Crippen LogP contribution in [0.25, 0.3) is 0 Å². The molecule has 0 bridgehead atoms. The van der Waals surface area contributed by atoms with Gasteiger partial charge in [0.05, 0.1) is 7.11 Å². The molecule has 0 heterocycles. The topological polar surface area (TPSA) is 24.5 Å². The second-order valence-corrected chi connectivity index (χ2v) is 4.92. The van der Waals surface area contributed by atoms with Crippen LogP contribution in [0.15, 0.2) is 18.2 Å². The summed E-state index contributed by atoms with van der Waals surface area (Å²) in [5, 5.41) is 3.47.